The summed E-state index contributed by atoms with van der Waals surface area (Å²) in [6, 6.07) is 27.8. The first-order valence-electron chi connectivity index (χ1n) is 22.2. The van der Waals surface area contributed by atoms with E-state index in [1.54, 1.807) is 93.8 Å². The standard InChI is InChI=1S/C20H19Cl2N3O4.C12H11Cl2N3O3.C10H7Cl2N3O3.C7H6Cl2O/c1-3-28-20(26)18-19(29-12-14-6-9-16(21)17(22)10-14)25(24-23-18)11-13-4-7-15(27-2)8-5-13;1-2-19-12(18)10-11(16-17-15-10)20-6-7-3-4-8(13)9(14)5-7;11-6-2-1-5(3-7(6)12)4-18-9-8(10(16)17)13-15-14-9;8-6-2-1-5(4-10)3-7(6)9/h4-10H,3,11-12H2,1-2H3;3-5H,2,6H2,1H3,(H,15,16,17);1-3H,4H2,(H,16,17)(H,13,14,15);1-3,10H,4H2. The second kappa shape index (κ2) is 31.0. The van der Waals surface area contributed by atoms with Crippen LogP contribution in [0.2, 0.25) is 40.2 Å². The van der Waals surface area contributed by atoms with Crippen molar-refractivity contribution in [2.75, 3.05) is 20.3 Å². The van der Waals surface area contributed by atoms with Crippen molar-refractivity contribution in [2.24, 2.45) is 0 Å². The molecule has 5 aromatic carbocycles. The van der Waals surface area contributed by atoms with Crippen LogP contribution in [0.5, 0.6) is 23.4 Å². The fraction of sp³-hybridized carbons (Fsp3) is 0.204. The molecule has 0 saturated carbocycles. The smallest absolute Gasteiger partial charge is 0.364 e. The minimum atomic E-state index is -1.19. The second-order valence-corrected chi connectivity index (χ2v) is 18.3. The molecule has 28 heteroatoms. The van der Waals surface area contributed by atoms with Gasteiger partial charge in [0, 0.05) is 0 Å². The first kappa shape index (κ1) is 61.3. The number of nitrogens with one attached hydrogen (secondary N) is 2. The molecule has 0 aliphatic heterocycles. The number of nitrogens with zero attached hydrogens (tertiary/aromatic N) is 7. The molecule has 8 rings (SSSR count). The maximum Gasteiger partial charge on any atom is 0.364 e. The Balaban J connectivity index is 0.000000201. The van der Waals surface area contributed by atoms with Gasteiger partial charge in [-0.3, -0.25) is 0 Å². The predicted octanol–water partition coefficient (Wildman–Crippen LogP) is 12.1. The molecule has 0 amide bonds. The lowest BCUT2D eigenvalue weighted by Crippen LogP contribution is -2.11. The topological polar surface area (TPSA) is 261 Å². The van der Waals surface area contributed by atoms with E-state index in [4.69, 9.17) is 131 Å². The molecule has 0 unspecified atom stereocenters. The molecule has 0 atom stereocenters. The van der Waals surface area contributed by atoms with Gasteiger partial charge in [0.15, 0.2) is 0 Å². The third-order valence-corrected chi connectivity index (χ3v) is 12.6. The van der Waals surface area contributed by atoms with Gasteiger partial charge in [0.1, 0.15) is 25.6 Å². The highest BCUT2D eigenvalue weighted by Crippen LogP contribution is 2.28. The van der Waals surface area contributed by atoms with Crippen molar-refractivity contribution < 1.29 is 53.0 Å². The SMILES string of the molecule is CCOC(=O)c1[nH]nnc1OCc1ccc(Cl)c(Cl)c1.CCOC(=O)c1nnn(Cc2ccc(OC)cc2)c1OCc1ccc(Cl)c(Cl)c1.O=C(O)c1[nH]nnc1OCc1ccc(Cl)c(Cl)c1.OCc1ccc(Cl)c(Cl)c1. The number of aromatic amines is 2. The Hall–Kier alpha value is -6.59. The van der Waals surface area contributed by atoms with Gasteiger partial charge in [0.25, 0.3) is 11.8 Å². The van der Waals surface area contributed by atoms with E-state index in [2.05, 4.69) is 41.1 Å². The lowest BCUT2D eigenvalue weighted by molar-refractivity contribution is 0.0504. The number of benzene rings is 5. The van der Waals surface area contributed by atoms with Gasteiger partial charge in [-0.25, -0.2) is 29.3 Å². The van der Waals surface area contributed by atoms with E-state index >= 15 is 0 Å². The first-order valence-corrected chi connectivity index (χ1v) is 25.2. The van der Waals surface area contributed by atoms with Crippen LogP contribution in [0.1, 0.15) is 73.1 Å². The van der Waals surface area contributed by atoms with E-state index in [0.717, 1.165) is 33.6 Å². The van der Waals surface area contributed by atoms with E-state index in [1.807, 2.05) is 24.3 Å². The van der Waals surface area contributed by atoms with E-state index in [-0.39, 0.29) is 74.4 Å². The third kappa shape index (κ3) is 18.8. The maximum absolute atomic E-state index is 12.3. The summed E-state index contributed by atoms with van der Waals surface area (Å²) in [5.41, 5.74) is 3.91. The Kier molecular flexibility index (Phi) is 24.6. The van der Waals surface area contributed by atoms with Crippen LogP contribution in [0.15, 0.2) is 97.1 Å². The summed E-state index contributed by atoms with van der Waals surface area (Å²) in [7, 11) is 1.60. The number of hydrogen-bond acceptors (Lipinski definition) is 16. The summed E-state index contributed by atoms with van der Waals surface area (Å²) in [5, 5.41) is 47.8. The average molecular weight is 1220 g/mol. The molecule has 0 radical (unpaired) electrons. The lowest BCUT2D eigenvalue weighted by Gasteiger charge is -2.11. The van der Waals surface area contributed by atoms with Crippen molar-refractivity contribution in [3.8, 4) is 23.4 Å². The van der Waals surface area contributed by atoms with Gasteiger partial charge in [-0.1, -0.05) is 155 Å². The van der Waals surface area contributed by atoms with Crippen LogP contribution >= 0.6 is 92.8 Å². The molecule has 20 nitrogen and oxygen atoms in total. The Labute approximate surface area is 479 Å². The number of halogens is 8. The van der Waals surface area contributed by atoms with Crippen molar-refractivity contribution in [1.29, 1.82) is 0 Å². The number of H-pyrrole nitrogens is 2. The molecular weight excluding hydrogens is 1170 g/mol. The number of methoxy groups -OCH3 is 1. The zero-order chi connectivity index (χ0) is 56.0. The van der Waals surface area contributed by atoms with E-state index in [1.165, 1.54) is 4.68 Å². The molecule has 0 aliphatic carbocycles. The predicted molar refractivity (Wildman–Crippen MR) is 289 cm³/mol. The van der Waals surface area contributed by atoms with Crippen LogP contribution in [-0.4, -0.2) is 94.3 Å². The molecule has 3 heterocycles. The number of carboxylic acids is 1. The van der Waals surface area contributed by atoms with Gasteiger partial charge < -0.3 is 38.6 Å². The third-order valence-electron chi connectivity index (χ3n) is 9.62. The molecule has 406 valence electrons. The summed E-state index contributed by atoms with van der Waals surface area (Å²) < 4.78 is 33.1. The highest BCUT2D eigenvalue weighted by atomic mass is 35.5. The van der Waals surface area contributed by atoms with Crippen molar-refractivity contribution in [1.82, 2.24) is 45.8 Å². The van der Waals surface area contributed by atoms with Crippen LogP contribution < -0.4 is 18.9 Å². The normalized spacial score (nSPS) is 10.4. The van der Waals surface area contributed by atoms with E-state index in [0.29, 0.717) is 46.7 Å². The molecule has 3 aromatic heterocycles. The first-order chi connectivity index (χ1) is 36.9. The summed E-state index contributed by atoms with van der Waals surface area (Å²) in [4.78, 5) is 34.6. The average Bonchev–Trinajstić information content (AvgIpc) is 4.20. The molecule has 4 N–H and O–H groups in total. The number of ether oxygens (including phenoxy) is 6. The van der Waals surface area contributed by atoms with Crippen molar-refractivity contribution >= 4 is 111 Å². The maximum atomic E-state index is 12.3. The summed E-state index contributed by atoms with van der Waals surface area (Å²) in [6.07, 6.45) is 0. The van der Waals surface area contributed by atoms with Gasteiger partial charge in [-0.15, -0.1) is 5.10 Å². The summed E-state index contributed by atoms with van der Waals surface area (Å²) in [5.74, 6) is -1.40. The highest BCUT2D eigenvalue weighted by molar-refractivity contribution is 6.43. The molecule has 0 saturated heterocycles. The number of esters is 2. The Morgan fingerprint density at radius 1 is 0.532 bits per heavy atom. The van der Waals surface area contributed by atoms with Crippen molar-refractivity contribution in [3.05, 3.63) is 182 Å². The Morgan fingerprint density at radius 2 is 0.948 bits per heavy atom. The monoisotopic (exact) mass is 1210 g/mol. The zero-order valence-electron chi connectivity index (χ0n) is 40.4. The van der Waals surface area contributed by atoms with Crippen LogP contribution in [0.3, 0.4) is 0 Å². The van der Waals surface area contributed by atoms with Gasteiger partial charge in [0.2, 0.25) is 23.0 Å². The second-order valence-electron chi connectivity index (χ2n) is 15.0. The quantitative estimate of drug-likeness (QED) is 0.0582. The fourth-order valence-corrected chi connectivity index (χ4v) is 7.16. The van der Waals surface area contributed by atoms with Crippen LogP contribution in [0.25, 0.3) is 0 Å². The van der Waals surface area contributed by atoms with Gasteiger partial charge in [-0.2, -0.15) is 0 Å². The van der Waals surface area contributed by atoms with Crippen LogP contribution in [0.4, 0.5) is 0 Å². The zero-order valence-corrected chi connectivity index (χ0v) is 46.5. The van der Waals surface area contributed by atoms with Gasteiger partial charge >= 0.3 is 17.9 Å². The summed E-state index contributed by atoms with van der Waals surface area (Å²) in [6.45, 7) is 4.69. The number of aromatic nitrogens is 9. The molecule has 77 heavy (non-hydrogen) atoms. The molecule has 0 spiro atoms. The Bertz CT molecular complexity index is 3240. The number of carbonyl (C=O) groups is 3. The molecule has 0 bridgehead atoms. The number of aliphatic hydroxyl groups excluding tert-OH is 1. The van der Waals surface area contributed by atoms with Crippen LogP contribution in [0, 0.1) is 0 Å². The van der Waals surface area contributed by atoms with Crippen molar-refractivity contribution in [2.45, 2.75) is 46.8 Å². The minimum Gasteiger partial charge on any atom is -0.497 e. The molecular formula is C49H43Cl8N9O11. The molecule has 0 fully saturated rings. The lowest BCUT2D eigenvalue weighted by atomic mass is 10.2. The van der Waals surface area contributed by atoms with Gasteiger partial charge in [0.05, 0.1) is 73.7 Å². The largest absolute Gasteiger partial charge is 0.497 e. The van der Waals surface area contributed by atoms with E-state index in [9.17, 15) is 14.4 Å². The molecule has 8 aromatic rings. The number of hydrogen-bond donors (Lipinski definition) is 4. The molecule has 0 aliphatic rings. The van der Waals surface area contributed by atoms with Gasteiger partial charge in [-0.05, 0) is 102 Å². The highest BCUT2D eigenvalue weighted by Gasteiger charge is 2.24. The Morgan fingerprint density at radius 3 is 1.39 bits per heavy atom. The summed E-state index contributed by atoms with van der Waals surface area (Å²) >= 11 is 46.6. The number of carboxylic acid groups (broad SMARTS) is 1. The van der Waals surface area contributed by atoms with E-state index < -0.39 is 17.9 Å². The number of aliphatic hydroxyl groups is 1. The number of aromatic carboxylic acids is 1. The number of carbonyl (C=O) groups excluding carboxylic acids is 2. The van der Waals surface area contributed by atoms with Crippen molar-refractivity contribution in [3.63, 3.8) is 0 Å². The number of rotatable bonds is 18. The fourth-order valence-electron chi connectivity index (χ4n) is 5.88. The minimum absolute atomic E-state index is 0.00309. The van der Waals surface area contributed by atoms with Crippen LogP contribution in [-0.2, 0) is 42.4 Å².